The fourth-order valence-corrected chi connectivity index (χ4v) is 3.16. The Bertz CT molecular complexity index is 600. The lowest BCUT2D eigenvalue weighted by molar-refractivity contribution is 0.0617. The fraction of sp³-hybridized carbons (Fsp3) is 0.267. The van der Waals surface area contributed by atoms with Crippen molar-refractivity contribution in [2.24, 2.45) is 0 Å². The van der Waals surface area contributed by atoms with Gasteiger partial charge in [-0.15, -0.1) is 11.3 Å². The summed E-state index contributed by atoms with van der Waals surface area (Å²) in [6.07, 6.45) is 0. The molecule has 0 saturated carbocycles. The number of ether oxygens (including phenoxy) is 2. The van der Waals surface area contributed by atoms with Crippen LogP contribution in [-0.4, -0.2) is 26.2 Å². The number of anilines is 1. The van der Waals surface area contributed by atoms with Crippen LogP contribution in [0.4, 0.5) is 5.69 Å². The lowest BCUT2D eigenvalue weighted by Crippen LogP contribution is -2.11. The number of hydrogen-bond acceptors (Lipinski definition) is 4. The minimum absolute atomic E-state index is 0.116. The van der Waals surface area contributed by atoms with Crippen LogP contribution in [0.3, 0.4) is 0 Å². The van der Waals surface area contributed by atoms with Gasteiger partial charge in [0.15, 0.2) is 0 Å². The molecule has 0 fully saturated rings. The summed E-state index contributed by atoms with van der Waals surface area (Å²) >= 11 is 4.76. The lowest BCUT2D eigenvalue weighted by atomic mass is 10.2. The SMILES string of the molecule is COCCOCc1cccc(NC(=O)c2sccc2Br)c1. The highest BCUT2D eigenvalue weighted by Crippen LogP contribution is 2.24. The van der Waals surface area contributed by atoms with Crippen LogP contribution in [-0.2, 0) is 16.1 Å². The Morgan fingerprint density at radius 2 is 2.19 bits per heavy atom. The van der Waals surface area contributed by atoms with E-state index in [4.69, 9.17) is 9.47 Å². The van der Waals surface area contributed by atoms with Crippen LogP contribution in [0.25, 0.3) is 0 Å². The first-order chi connectivity index (χ1) is 10.2. The second kappa shape index (κ2) is 8.29. The number of hydrogen-bond donors (Lipinski definition) is 1. The van der Waals surface area contributed by atoms with Gasteiger partial charge in [0.2, 0.25) is 0 Å². The Labute approximate surface area is 136 Å². The molecule has 0 bridgehead atoms. The van der Waals surface area contributed by atoms with Crippen molar-refractivity contribution in [3.63, 3.8) is 0 Å². The average molecular weight is 370 g/mol. The maximum atomic E-state index is 12.1. The quantitative estimate of drug-likeness (QED) is 0.752. The predicted octanol–water partition coefficient (Wildman–Crippen LogP) is 3.93. The molecule has 4 nitrogen and oxygen atoms in total. The van der Waals surface area contributed by atoms with Crippen LogP contribution in [0.1, 0.15) is 15.2 Å². The van der Waals surface area contributed by atoms with Gasteiger partial charge in [0, 0.05) is 17.3 Å². The average Bonchev–Trinajstić information content (AvgIpc) is 2.90. The molecule has 1 aromatic carbocycles. The van der Waals surface area contributed by atoms with Crippen molar-refractivity contribution < 1.29 is 14.3 Å². The molecule has 0 radical (unpaired) electrons. The van der Waals surface area contributed by atoms with E-state index < -0.39 is 0 Å². The standard InChI is InChI=1S/C15H16BrNO3S/c1-19-6-7-20-10-11-3-2-4-12(9-11)17-15(18)14-13(16)5-8-21-14/h2-5,8-9H,6-7,10H2,1H3,(H,17,18). The molecular formula is C15H16BrNO3S. The van der Waals surface area contributed by atoms with E-state index in [9.17, 15) is 4.79 Å². The number of rotatable bonds is 7. The zero-order valence-corrected chi connectivity index (χ0v) is 14.0. The van der Waals surface area contributed by atoms with Crippen molar-refractivity contribution in [3.8, 4) is 0 Å². The van der Waals surface area contributed by atoms with Crippen LogP contribution in [0, 0.1) is 0 Å². The summed E-state index contributed by atoms with van der Waals surface area (Å²) in [6, 6.07) is 9.49. The summed E-state index contributed by atoms with van der Waals surface area (Å²) in [5.41, 5.74) is 1.77. The van der Waals surface area contributed by atoms with Crippen LogP contribution < -0.4 is 5.32 Å². The van der Waals surface area contributed by atoms with Crippen LogP contribution in [0.2, 0.25) is 0 Å². The van der Waals surface area contributed by atoms with E-state index in [0.717, 1.165) is 15.7 Å². The Morgan fingerprint density at radius 3 is 2.90 bits per heavy atom. The number of thiophene rings is 1. The minimum atomic E-state index is -0.116. The maximum Gasteiger partial charge on any atom is 0.266 e. The van der Waals surface area contributed by atoms with Crippen molar-refractivity contribution >= 4 is 38.9 Å². The van der Waals surface area contributed by atoms with E-state index in [1.165, 1.54) is 11.3 Å². The zero-order valence-electron chi connectivity index (χ0n) is 11.6. The molecule has 2 aromatic rings. The predicted molar refractivity (Wildman–Crippen MR) is 87.9 cm³/mol. The van der Waals surface area contributed by atoms with Gasteiger partial charge >= 0.3 is 0 Å². The summed E-state index contributed by atoms with van der Waals surface area (Å²) in [7, 11) is 1.64. The van der Waals surface area contributed by atoms with Gasteiger partial charge in [0.1, 0.15) is 4.88 Å². The van der Waals surface area contributed by atoms with E-state index in [2.05, 4.69) is 21.2 Å². The van der Waals surface area contributed by atoms with Gasteiger partial charge in [-0.1, -0.05) is 12.1 Å². The van der Waals surface area contributed by atoms with E-state index >= 15 is 0 Å². The van der Waals surface area contributed by atoms with Crippen molar-refractivity contribution in [3.05, 3.63) is 50.6 Å². The largest absolute Gasteiger partial charge is 0.382 e. The molecule has 0 saturated heterocycles. The second-order valence-electron chi connectivity index (χ2n) is 4.30. The third-order valence-electron chi connectivity index (χ3n) is 2.71. The Morgan fingerprint density at radius 1 is 1.33 bits per heavy atom. The Balaban J connectivity index is 1.94. The molecule has 0 aliphatic carbocycles. The molecule has 6 heteroatoms. The zero-order chi connectivity index (χ0) is 15.1. The van der Waals surface area contributed by atoms with Crippen molar-refractivity contribution in [2.45, 2.75) is 6.61 Å². The number of benzene rings is 1. The second-order valence-corrected chi connectivity index (χ2v) is 6.07. The smallest absolute Gasteiger partial charge is 0.266 e. The molecule has 1 amide bonds. The fourth-order valence-electron chi connectivity index (χ4n) is 1.71. The van der Waals surface area contributed by atoms with Gasteiger partial charge in [0.25, 0.3) is 5.91 Å². The molecule has 0 spiro atoms. The molecule has 0 unspecified atom stereocenters. The number of methoxy groups -OCH3 is 1. The first kappa shape index (κ1) is 16.2. The first-order valence-corrected chi connectivity index (χ1v) is 8.08. The number of carbonyl (C=O) groups excluding carboxylic acids is 1. The third kappa shape index (κ3) is 4.93. The molecule has 21 heavy (non-hydrogen) atoms. The molecule has 0 aliphatic heterocycles. The topological polar surface area (TPSA) is 47.6 Å². The first-order valence-electron chi connectivity index (χ1n) is 6.40. The van der Waals surface area contributed by atoms with Gasteiger partial charge < -0.3 is 14.8 Å². The van der Waals surface area contributed by atoms with Gasteiger partial charge in [-0.3, -0.25) is 4.79 Å². The minimum Gasteiger partial charge on any atom is -0.382 e. The number of halogens is 1. The van der Waals surface area contributed by atoms with E-state index in [1.54, 1.807) is 7.11 Å². The number of amides is 1. The number of carbonyl (C=O) groups is 1. The van der Waals surface area contributed by atoms with Crippen LogP contribution in [0.15, 0.2) is 40.2 Å². The molecule has 1 aromatic heterocycles. The summed E-state index contributed by atoms with van der Waals surface area (Å²) in [5, 5.41) is 4.76. The highest BCUT2D eigenvalue weighted by Gasteiger charge is 2.11. The molecule has 1 N–H and O–H groups in total. The molecule has 0 aliphatic rings. The molecule has 2 rings (SSSR count). The van der Waals surface area contributed by atoms with E-state index in [0.29, 0.717) is 24.7 Å². The monoisotopic (exact) mass is 369 g/mol. The van der Waals surface area contributed by atoms with Crippen molar-refractivity contribution in [2.75, 3.05) is 25.6 Å². The third-order valence-corrected chi connectivity index (χ3v) is 4.55. The summed E-state index contributed by atoms with van der Waals surface area (Å²) in [5.74, 6) is -0.116. The maximum absolute atomic E-state index is 12.1. The van der Waals surface area contributed by atoms with Gasteiger partial charge in [-0.2, -0.15) is 0 Å². The molecule has 0 atom stereocenters. The van der Waals surface area contributed by atoms with E-state index in [-0.39, 0.29) is 5.91 Å². The molecule has 1 heterocycles. The highest BCUT2D eigenvalue weighted by molar-refractivity contribution is 9.10. The molecular weight excluding hydrogens is 354 g/mol. The Hall–Kier alpha value is -1.21. The molecule has 112 valence electrons. The van der Waals surface area contributed by atoms with Gasteiger partial charge in [-0.25, -0.2) is 0 Å². The summed E-state index contributed by atoms with van der Waals surface area (Å²) < 4.78 is 11.2. The van der Waals surface area contributed by atoms with Crippen LogP contribution in [0.5, 0.6) is 0 Å². The highest BCUT2D eigenvalue weighted by atomic mass is 79.9. The van der Waals surface area contributed by atoms with Crippen molar-refractivity contribution in [1.29, 1.82) is 0 Å². The Kier molecular flexibility index (Phi) is 6.38. The normalized spacial score (nSPS) is 10.6. The van der Waals surface area contributed by atoms with Gasteiger partial charge in [0.05, 0.1) is 19.8 Å². The van der Waals surface area contributed by atoms with Crippen molar-refractivity contribution in [1.82, 2.24) is 0 Å². The lowest BCUT2D eigenvalue weighted by Gasteiger charge is -2.08. The van der Waals surface area contributed by atoms with Crippen LogP contribution >= 0.6 is 27.3 Å². The van der Waals surface area contributed by atoms with Gasteiger partial charge in [-0.05, 0) is 45.1 Å². The van der Waals surface area contributed by atoms with E-state index in [1.807, 2.05) is 35.7 Å². The number of nitrogens with one attached hydrogen (secondary N) is 1. The summed E-state index contributed by atoms with van der Waals surface area (Å²) in [4.78, 5) is 12.8. The summed E-state index contributed by atoms with van der Waals surface area (Å²) in [6.45, 7) is 1.62.